The zero-order valence-corrected chi connectivity index (χ0v) is 11.0. The van der Waals surface area contributed by atoms with Gasteiger partial charge in [0, 0.05) is 29.4 Å². The van der Waals surface area contributed by atoms with Gasteiger partial charge >= 0.3 is 0 Å². The third-order valence-corrected chi connectivity index (χ3v) is 4.95. The fourth-order valence-corrected chi connectivity index (χ4v) is 4.20. The monoisotopic (exact) mass is 246 g/mol. The third kappa shape index (κ3) is 1.83. The Morgan fingerprint density at radius 2 is 2.18 bits per heavy atom. The van der Waals surface area contributed by atoms with Gasteiger partial charge < -0.3 is 10.3 Å². The van der Waals surface area contributed by atoms with Gasteiger partial charge in [0.05, 0.1) is 0 Å². The normalized spacial score (nSPS) is 19.3. The summed E-state index contributed by atoms with van der Waals surface area (Å²) >= 11 is 1.93. The van der Waals surface area contributed by atoms with Crippen LogP contribution in [0, 0.1) is 5.92 Å². The molecule has 1 aliphatic rings. The van der Waals surface area contributed by atoms with Gasteiger partial charge in [-0.25, -0.2) is 0 Å². The molecule has 3 rings (SSSR count). The second-order valence-corrected chi connectivity index (χ2v) is 6.01. The van der Waals surface area contributed by atoms with Crippen LogP contribution >= 0.6 is 11.3 Å². The molecule has 2 aromatic heterocycles. The van der Waals surface area contributed by atoms with Crippen LogP contribution in [0.3, 0.4) is 0 Å². The molecule has 0 saturated heterocycles. The standard InChI is InChI=1S/C14H18N2S/c1-10-4-5-11-12(9-15)14(17-13(11)8-10)16-6-2-3-7-16/h2-3,6-7,10H,4-5,8-9,15H2,1H3. The first-order valence-corrected chi connectivity index (χ1v) is 7.08. The van der Waals surface area contributed by atoms with Crippen molar-refractivity contribution in [2.45, 2.75) is 32.7 Å². The zero-order chi connectivity index (χ0) is 11.8. The van der Waals surface area contributed by atoms with E-state index in [1.165, 1.54) is 29.8 Å². The Hall–Kier alpha value is -1.06. The fourth-order valence-electron chi connectivity index (χ4n) is 2.69. The smallest absolute Gasteiger partial charge is 0.104 e. The van der Waals surface area contributed by atoms with Gasteiger partial charge in [-0.1, -0.05) is 6.92 Å². The molecule has 0 radical (unpaired) electrons. The minimum Gasteiger partial charge on any atom is -0.326 e. The van der Waals surface area contributed by atoms with Crippen LogP contribution in [0.4, 0.5) is 0 Å². The van der Waals surface area contributed by atoms with Crippen LogP contribution in [0.5, 0.6) is 0 Å². The van der Waals surface area contributed by atoms with Gasteiger partial charge in [0.15, 0.2) is 0 Å². The first-order chi connectivity index (χ1) is 8.29. The number of hydrogen-bond acceptors (Lipinski definition) is 2. The number of nitrogens with zero attached hydrogens (tertiary/aromatic N) is 1. The molecule has 0 saturated carbocycles. The van der Waals surface area contributed by atoms with Crippen molar-refractivity contribution in [1.29, 1.82) is 0 Å². The van der Waals surface area contributed by atoms with Gasteiger partial charge in [0.2, 0.25) is 0 Å². The summed E-state index contributed by atoms with van der Waals surface area (Å²) in [5.74, 6) is 0.823. The van der Waals surface area contributed by atoms with Crippen molar-refractivity contribution in [1.82, 2.24) is 4.57 Å². The number of fused-ring (bicyclic) bond motifs is 1. The average Bonchev–Trinajstić information content (AvgIpc) is 2.94. The number of nitrogens with two attached hydrogens (primary N) is 1. The Balaban J connectivity index is 2.11. The molecule has 2 N–H and O–H groups in total. The molecular weight excluding hydrogens is 228 g/mol. The number of rotatable bonds is 2. The molecule has 1 aliphatic carbocycles. The fraction of sp³-hybridized carbons (Fsp3) is 0.429. The van der Waals surface area contributed by atoms with E-state index in [2.05, 4.69) is 36.0 Å². The molecule has 2 aromatic rings. The van der Waals surface area contributed by atoms with Gasteiger partial charge in [0.25, 0.3) is 0 Å². The molecule has 90 valence electrons. The Morgan fingerprint density at radius 3 is 2.88 bits per heavy atom. The van der Waals surface area contributed by atoms with E-state index in [1.807, 2.05) is 11.3 Å². The molecule has 2 nitrogen and oxygen atoms in total. The number of thiophene rings is 1. The summed E-state index contributed by atoms with van der Waals surface area (Å²) in [5, 5.41) is 1.33. The summed E-state index contributed by atoms with van der Waals surface area (Å²) in [5.41, 5.74) is 8.86. The van der Waals surface area contributed by atoms with Gasteiger partial charge in [0.1, 0.15) is 5.00 Å². The average molecular weight is 246 g/mol. The molecule has 0 aromatic carbocycles. The van der Waals surface area contributed by atoms with Crippen molar-refractivity contribution < 1.29 is 0 Å². The lowest BCUT2D eigenvalue weighted by molar-refractivity contribution is 0.506. The van der Waals surface area contributed by atoms with Crippen LogP contribution in [0.2, 0.25) is 0 Å². The second kappa shape index (κ2) is 4.31. The first-order valence-electron chi connectivity index (χ1n) is 6.26. The summed E-state index contributed by atoms with van der Waals surface area (Å²) in [6.07, 6.45) is 7.97. The van der Waals surface area contributed by atoms with Crippen LogP contribution in [-0.4, -0.2) is 4.57 Å². The van der Waals surface area contributed by atoms with E-state index in [9.17, 15) is 0 Å². The molecule has 0 spiro atoms. The van der Waals surface area contributed by atoms with E-state index < -0.39 is 0 Å². The topological polar surface area (TPSA) is 30.9 Å². The van der Waals surface area contributed by atoms with Crippen molar-refractivity contribution in [2.24, 2.45) is 11.7 Å². The Bertz CT molecular complexity index is 511. The van der Waals surface area contributed by atoms with Crippen molar-refractivity contribution in [2.75, 3.05) is 0 Å². The van der Waals surface area contributed by atoms with E-state index >= 15 is 0 Å². The predicted octanol–water partition coefficient (Wildman–Crippen LogP) is 3.12. The van der Waals surface area contributed by atoms with Crippen molar-refractivity contribution in [3.63, 3.8) is 0 Å². The molecule has 0 fully saturated rings. The van der Waals surface area contributed by atoms with Crippen LogP contribution in [-0.2, 0) is 19.4 Å². The number of aromatic nitrogens is 1. The Morgan fingerprint density at radius 1 is 1.41 bits per heavy atom. The summed E-state index contributed by atoms with van der Waals surface area (Å²) < 4.78 is 2.20. The maximum atomic E-state index is 5.95. The van der Waals surface area contributed by atoms with Gasteiger partial charge in [-0.05, 0) is 42.9 Å². The van der Waals surface area contributed by atoms with E-state index in [0.29, 0.717) is 6.54 Å². The summed E-state index contributed by atoms with van der Waals surface area (Å²) in [6.45, 7) is 3.01. The van der Waals surface area contributed by atoms with E-state index in [1.54, 1.807) is 10.4 Å². The molecule has 0 bridgehead atoms. The predicted molar refractivity (Wildman–Crippen MR) is 72.7 cm³/mol. The summed E-state index contributed by atoms with van der Waals surface area (Å²) in [4.78, 5) is 1.56. The van der Waals surface area contributed by atoms with Crippen LogP contribution in [0.15, 0.2) is 24.5 Å². The maximum absolute atomic E-state index is 5.95. The largest absolute Gasteiger partial charge is 0.326 e. The highest BCUT2D eigenvalue weighted by Gasteiger charge is 2.23. The van der Waals surface area contributed by atoms with Gasteiger partial charge in [-0.15, -0.1) is 11.3 Å². The van der Waals surface area contributed by atoms with E-state index in [-0.39, 0.29) is 0 Å². The molecule has 1 atom stereocenters. The van der Waals surface area contributed by atoms with E-state index in [0.717, 1.165) is 5.92 Å². The molecule has 0 aliphatic heterocycles. The molecule has 3 heteroatoms. The lowest BCUT2D eigenvalue weighted by atomic mass is 9.88. The molecular formula is C14H18N2S. The van der Waals surface area contributed by atoms with Crippen molar-refractivity contribution in [3.05, 3.63) is 40.5 Å². The summed E-state index contributed by atoms with van der Waals surface area (Å²) in [6, 6.07) is 4.14. The molecule has 2 heterocycles. The van der Waals surface area contributed by atoms with Crippen molar-refractivity contribution in [3.8, 4) is 5.00 Å². The Labute approximate surface area is 106 Å². The SMILES string of the molecule is CC1CCc2c(sc(-n3cccc3)c2CN)C1. The lowest BCUT2D eigenvalue weighted by Gasteiger charge is -2.18. The highest BCUT2D eigenvalue weighted by atomic mass is 32.1. The molecule has 17 heavy (non-hydrogen) atoms. The van der Waals surface area contributed by atoms with Crippen molar-refractivity contribution >= 4 is 11.3 Å². The minimum atomic E-state index is 0.660. The van der Waals surface area contributed by atoms with Crippen LogP contribution in [0.1, 0.15) is 29.3 Å². The second-order valence-electron chi connectivity index (χ2n) is 4.93. The van der Waals surface area contributed by atoms with Gasteiger partial charge in [-0.3, -0.25) is 0 Å². The van der Waals surface area contributed by atoms with Crippen LogP contribution < -0.4 is 5.73 Å². The number of hydrogen-bond donors (Lipinski definition) is 1. The van der Waals surface area contributed by atoms with Gasteiger partial charge in [-0.2, -0.15) is 0 Å². The van der Waals surface area contributed by atoms with Crippen LogP contribution in [0.25, 0.3) is 5.00 Å². The maximum Gasteiger partial charge on any atom is 0.104 e. The van der Waals surface area contributed by atoms with E-state index in [4.69, 9.17) is 5.73 Å². The highest BCUT2D eigenvalue weighted by Crippen LogP contribution is 2.38. The highest BCUT2D eigenvalue weighted by molar-refractivity contribution is 7.14. The Kier molecular flexibility index (Phi) is 2.81. The third-order valence-electron chi connectivity index (χ3n) is 3.64. The minimum absolute atomic E-state index is 0.660. The molecule has 1 unspecified atom stereocenters. The first kappa shape index (κ1) is 11.1. The molecule has 0 amide bonds. The summed E-state index contributed by atoms with van der Waals surface area (Å²) in [7, 11) is 0. The quantitative estimate of drug-likeness (QED) is 0.867. The lowest BCUT2D eigenvalue weighted by Crippen LogP contribution is -2.11. The zero-order valence-electron chi connectivity index (χ0n) is 10.1.